The van der Waals surface area contributed by atoms with Gasteiger partial charge in [-0.05, 0) is 43.9 Å². The fraction of sp³-hybridized carbons (Fsp3) is 0.588. The van der Waals surface area contributed by atoms with Crippen molar-refractivity contribution in [2.45, 2.75) is 58.3 Å². The van der Waals surface area contributed by atoms with Crippen LogP contribution in [0, 0.1) is 0 Å². The maximum absolute atomic E-state index is 10.6. The predicted octanol–water partition coefficient (Wildman–Crippen LogP) is 3.55. The number of benzene rings is 1. The second-order valence-electron chi connectivity index (χ2n) is 5.32. The van der Waals surface area contributed by atoms with Gasteiger partial charge < -0.3 is 15.6 Å². The molecular weight excluding hydrogens is 266 g/mol. The first kappa shape index (κ1) is 17.3. The molecule has 0 aliphatic rings. The molecule has 0 spiro atoms. The van der Waals surface area contributed by atoms with Crippen LogP contribution >= 0.6 is 0 Å². The summed E-state index contributed by atoms with van der Waals surface area (Å²) in [5.74, 6) is 0.573. The number of amides is 1. The SMILES string of the molecule is CCOc1cc(CCCCCCCCC(N)=O)ccc1O. The summed E-state index contributed by atoms with van der Waals surface area (Å²) < 4.78 is 5.38. The number of aryl methyl sites for hydroxylation is 1. The van der Waals surface area contributed by atoms with E-state index in [-0.39, 0.29) is 11.7 Å². The molecule has 3 N–H and O–H groups in total. The monoisotopic (exact) mass is 293 g/mol. The highest BCUT2D eigenvalue weighted by Crippen LogP contribution is 2.27. The van der Waals surface area contributed by atoms with E-state index in [1.54, 1.807) is 6.07 Å². The molecule has 0 unspecified atom stereocenters. The van der Waals surface area contributed by atoms with Crippen molar-refractivity contribution in [1.82, 2.24) is 0 Å². The van der Waals surface area contributed by atoms with Crippen molar-refractivity contribution in [2.75, 3.05) is 6.61 Å². The van der Waals surface area contributed by atoms with Gasteiger partial charge in [-0.1, -0.05) is 31.7 Å². The topological polar surface area (TPSA) is 72.5 Å². The van der Waals surface area contributed by atoms with Gasteiger partial charge in [0.25, 0.3) is 0 Å². The number of unbranched alkanes of at least 4 members (excludes halogenated alkanes) is 5. The van der Waals surface area contributed by atoms with Crippen molar-refractivity contribution in [3.8, 4) is 11.5 Å². The number of primary amides is 1. The molecule has 0 bridgehead atoms. The third-order valence-corrected chi connectivity index (χ3v) is 3.46. The van der Waals surface area contributed by atoms with E-state index in [1.165, 1.54) is 18.4 Å². The number of aromatic hydroxyl groups is 1. The van der Waals surface area contributed by atoms with Crippen LogP contribution < -0.4 is 10.5 Å². The lowest BCUT2D eigenvalue weighted by Crippen LogP contribution is -2.09. The first-order chi connectivity index (χ1) is 10.1. The number of phenolic OH excluding ortho intramolecular Hbond substituents is 1. The van der Waals surface area contributed by atoms with E-state index in [9.17, 15) is 9.90 Å². The van der Waals surface area contributed by atoms with Gasteiger partial charge in [-0.2, -0.15) is 0 Å². The molecule has 0 aromatic heterocycles. The molecule has 0 radical (unpaired) electrons. The molecule has 0 saturated heterocycles. The van der Waals surface area contributed by atoms with E-state index in [2.05, 4.69) is 0 Å². The Morgan fingerprint density at radius 3 is 2.48 bits per heavy atom. The first-order valence-corrected chi connectivity index (χ1v) is 7.86. The minimum Gasteiger partial charge on any atom is -0.504 e. The second-order valence-corrected chi connectivity index (χ2v) is 5.32. The van der Waals surface area contributed by atoms with Gasteiger partial charge in [-0.15, -0.1) is 0 Å². The number of ether oxygens (including phenoxy) is 1. The minimum absolute atomic E-state index is 0.201. The highest BCUT2D eigenvalue weighted by atomic mass is 16.5. The van der Waals surface area contributed by atoms with Gasteiger partial charge in [0.1, 0.15) is 0 Å². The fourth-order valence-corrected chi connectivity index (χ4v) is 2.32. The molecule has 21 heavy (non-hydrogen) atoms. The molecule has 1 amide bonds. The van der Waals surface area contributed by atoms with Crippen molar-refractivity contribution < 1.29 is 14.6 Å². The highest BCUT2D eigenvalue weighted by Gasteiger charge is 2.03. The highest BCUT2D eigenvalue weighted by molar-refractivity contribution is 5.73. The summed E-state index contributed by atoms with van der Waals surface area (Å²) in [5, 5.41) is 9.64. The summed E-state index contributed by atoms with van der Waals surface area (Å²) in [6.45, 7) is 2.46. The molecule has 1 rings (SSSR count). The van der Waals surface area contributed by atoms with E-state index in [4.69, 9.17) is 10.5 Å². The largest absolute Gasteiger partial charge is 0.504 e. The minimum atomic E-state index is -0.201. The van der Waals surface area contributed by atoms with Crippen molar-refractivity contribution >= 4 is 5.91 Å². The quantitative estimate of drug-likeness (QED) is 0.613. The lowest BCUT2D eigenvalue weighted by Gasteiger charge is -2.08. The summed E-state index contributed by atoms with van der Waals surface area (Å²) in [6, 6.07) is 5.57. The van der Waals surface area contributed by atoms with Gasteiger partial charge in [-0.3, -0.25) is 4.79 Å². The van der Waals surface area contributed by atoms with Crippen molar-refractivity contribution in [3.63, 3.8) is 0 Å². The Bertz CT molecular complexity index is 432. The molecule has 4 nitrogen and oxygen atoms in total. The number of carbonyl (C=O) groups excluding carboxylic acids is 1. The van der Waals surface area contributed by atoms with Crippen molar-refractivity contribution in [2.24, 2.45) is 5.73 Å². The number of nitrogens with two attached hydrogens (primary N) is 1. The van der Waals surface area contributed by atoms with Crippen LogP contribution in [0.25, 0.3) is 0 Å². The number of hydrogen-bond donors (Lipinski definition) is 2. The Morgan fingerprint density at radius 1 is 1.14 bits per heavy atom. The average molecular weight is 293 g/mol. The lowest BCUT2D eigenvalue weighted by atomic mass is 10.0. The van der Waals surface area contributed by atoms with Crippen LogP contribution in [0.15, 0.2) is 18.2 Å². The summed E-state index contributed by atoms with van der Waals surface area (Å²) in [4.78, 5) is 10.6. The van der Waals surface area contributed by atoms with Crippen LogP contribution in [0.2, 0.25) is 0 Å². The number of carbonyl (C=O) groups is 1. The van der Waals surface area contributed by atoms with E-state index in [0.717, 1.165) is 32.1 Å². The molecule has 0 fully saturated rings. The average Bonchev–Trinajstić information content (AvgIpc) is 2.45. The first-order valence-electron chi connectivity index (χ1n) is 7.86. The molecule has 0 aliphatic carbocycles. The number of rotatable bonds is 11. The summed E-state index contributed by atoms with van der Waals surface area (Å²) in [5.41, 5.74) is 6.30. The summed E-state index contributed by atoms with van der Waals surface area (Å²) >= 11 is 0. The molecule has 0 aliphatic heterocycles. The van der Waals surface area contributed by atoms with Crippen LogP contribution in [-0.4, -0.2) is 17.6 Å². The normalized spacial score (nSPS) is 10.5. The molecule has 0 atom stereocenters. The number of phenols is 1. The van der Waals surface area contributed by atoms with Gasteiger partial charge in [0, 0.05) is 6.42 Å². The van der Waals surface area contributed by atoms with Crippen LogP contribution in [0.4, 0.5) is 0 Å². The molecule has 0 heterocycles. The number of hydrogen-bond acceptors (Lipinski definition) is 3. The Balaban J connectivity index is 2.15. The summed E-state index contributed by atoms with van der Waals surface area (Å²) in [7, 11) is 0. The zero-order valence-corrected chi connectivity index (χ0v) is 12.9. The molecule has 118 valence electrons. The smallest absolute Gasteiger partial charge is 0.217 e. The van der Waals surface area contributed by atoms with Crippen molar-refractivity contribution in [3.05, 3.63) is 23.8 Å². The van der Waals surface area contributed by atoms with E-state index < -0.39 is 0 Å². The Hall–Kier alpha value is -1.71. The van der Waals surface area contributed by atoms with Crippen LogP contribution in [0.1, 0.15) is 57.4 Å². The van der Waals surface area contributed by atoms with Gasteiger partial charge in [0.05, 0.1) is 6.61 Å². The summed E-state index contributed by atoms with van der Waals surface area (Å²) in [6.07, 6.45) is 8.16. The van der Waals surface area contributed by atoms with Crippen LogP contribution in [0.5, 0.6) is 11.5 Å². The third-order valence-electron chi connectivity index (χ3n) is 3.46. The van der Waals surface area contributed by atoms with Gasteiger partial charge in [0.15, 0.2) is 11.5 Å². The molecule has 0 saturated carbocycles. The zero-order chi connectivity index (χ0) is 15.5. The molecule has 1 aromatic rings. The third kappa shape index (κ3) is 7.59. The van der Waals surface area contributed by atoms with Gasteiger partial charge >= 0.3 is 0 Å². The van der Waals surface area contributed by atoms with E-state index in [0.29, 0.717) is 18.8 Å². The van der Waals surface area contributed by atoms with E-state index in [1.807, 2.05) is 19.1 Å². The predicted molar refractivity (Wildman–Crippen MR) is 84.5 cm³/mol. The zero-order valence-electron chi connectivity index (χ0n) is 12.9. The van der Waals surface area contributed by atoms with Gasteiger partial charge in [0.2, 0.25) is 5.91 Å². The molecule has 1 aromatic carbocycles. The standard InChI is InChI=1S/C17H27NO3/c1-2-21-16-13-14(11-12-15(16)19)9-7-5-3-4-6-8-10-17(18)20/h11-13,19H,2-10H2,1H3,(H2,18,20). The maximum atomic E-state index is 10.6. The molecule has 4 heteroatoms. The fourth-order valence-electron chi connectivity index (χ4n) is 2.32. The van der Waals surface area contributed by atoms with E-state index >= 15 is 0 Å². The Morgan fingerprint density at radius 2 is 1.81 bits per heavy atom. The van der Waals surface area contributed by atoms with Crippen LogP contribution in [0.3, 0.4) is 0 Å². The van der Waals surface area contributed by atoms with Crippen molar-refractivity contribution in [1.29, 1.82) is 0 Å². The Kier molecular flexibility index (Phi) is 8.32. The second kappa shape index (κ2) is 10.1. The maximum Gasteiger partial charge on any atom is 0.217 e. The lowest BCUT2D eigenvalue weighted by molar-refractivity contribution is -0.118. The van der Waals surface area contributed by atoms with Crippen LogP contribution in [-0.2, 0) is 11.2 Å². The molecular formula is C17H27NO3. The van der Waals surface area contributed by atoms with Gasteiger partial charge in [-0.25, -0.2) is 0 Å². The Labute approximate surface area is 127 Å².